The minimum Gasteiger partial charge on any atom is -0.330 e. The number of aromatic nitrogens is 2. The van der Waals surface area contributed by atoms with Crippen molar-refractivity contribution in [1.82, 2.24) is 19.4 Å². The minimum atomic E-state index is 0.670. The molecule has 0 spiro atoms. The van der Waals surface area contributed by atoms with E-state index in [0.29, 0.717) is 6.04 Å². The van der Waals surface area contributed by atoms with Crippen LogP contribution in [0.15, 0.2) is 6.33 Å². The number of aryl methyl sites for hydroxylation is 1. The zero-order chi connectivity index (χ0) is 13.9. The highest BCUT2D eigenvalue weighted by Gasteiger charge is 2.26. The number of fused-ring (bicyclic) bond motifs is 1. The molecule has 0 saturated carbocycles. The Bertz CT molecular complexity index is 438. The summed E-state index contributed by atoms with van der Waals surface area (Å²) in [4.78, 5) is 9.56. The van der Waals surface area contributed by atoms with E-state index in [9.17, 15) is 0 Å². The first-order valence-electron chi connectivity index (χ1n) is 8.15. The Morgan fingerprint density at radius 2 is 2.15 bits per heavy atom. The standard InChI is InChI=1S/C16H28N4/c1-18(2)9-5-10-19-11-8-14(12-19)20-13-17-15-6-3-4-7-16(15)20/h13-14H,3-12H2,1-2H3. The van der Waals surface area contributed by atoms with Crippen LogP contribution < -0.4 is 0 Å². The van der Waals surface area contributed by atoms with E-state index in [0.717, 1.165) is 0 Å². The van der Waals surface area contributed by atoms with Crippen molar-refractivity contribution in [2.24, 2.45) is 0 Å². The number of rotatable bonds is 5. The molecular formula is C16H28N4. The third kappa shape index (κ3) is 3.07. The zero-order valence-corrected chi connectivity index (χ0v) is 13.0. The van der Waals surface area contributed by atoms with Crippen molar-refractivity contribution in [3.05, 3.63) is 17.7 Å². The lowest BCUT2D eigenvalue weighted by Gasteiger charge is -2.20. The van der Waals surface area contributed by atoms with Crippen LogP contribution in [0.1, 0.15) is 43.1 Å². The molecule has 1 aromatic heterocycles. The molecule has 0 amide bonds. The molecule has 4 nitrogen and oxygen atoms in total. The quantitative estimate of drug-likeness (QED) is 0.821. The second-order valence-corrected chi connectivity index (χ2v) is 6.65. The van der Waals surface area contributed by atoms with Crippen LogP contribution in [0.25, 0.3) is 0 Å². The monoisotopic (exact) mass is 276 g/mol. The fourth-order valence-corrected chi connectivity index (χ4v) is 3.66. The van der Waals surface area contributed by atoms with E-state index >= 15 is 0 Å². The largest absolute Gasteiger partial charge is 0.330 e. The van der Waals surface area contributed by atoms with Gasteiger partial charge in [0.05, 0.1) is 12.0 Å². The molecule has 0 N–H and O–H groups in total. The molecule has 1 fully saturated rings. The molecule has 1 aliphatic heterocycles. The summed E-state index contributed by atoms with van der Waals surface area (Å²) in [6.07, 6.45) is 9.80. The van der Waals surface area contributed by atoms with Crippen LogP contribution in [0.2, 0.25) is 0 Å². The Morgan fingerprint density at radius 3 is 3.00 bits per heavy atom. The molecular weight excluding hydrogens is 248 g/mol. The van der Waals surface area contributed by atoms with Gasteiger partial charge in [-0.1, -0.05) is 0 Å². The third-order valence-corrected chi connectivity index (χ3v) is 4.78. The van der Waals surface area contributed by atoms with Gasteiger partial charge in [-0.25, -0.2) is 4.98 Å². The van der Waals surface area contributed by atoms with Gasteiger partial charge in [0.2, 0.25) is 0 Å². The molecule has 1 aliphatic carbocycles. The lowest BCUT2D eigenvalue weighted by molar-refractivity contribution is 0.292. The van der Waals surface area contributed by atoms with Gasteiger partial charge in [-0.15, -0.1) is 0 Å². The van der Waals surface area contributed by atoms with Crippen molar-refractivity contribution < 1.29 is 0 Å². The average Bonchev–Trinajstić information content (AvgIpc) is 3.04. The van der Waals surface area contributed by atoms with Crippen molar-refractivity contribution in [3.8, 4) is 0 Å². The molecule has 1 atom stereocenters. The normalized spacial score (nSPS) is 23.4. The third-order valence-electron chi connectivity index (χ3n) is 4.78. The van der Waals surface area contributed by atoms with E-state index in [1.165, 1.54) is 76.1 Å². The van der Waals surface area contributed by atoms with Gasteiger partial charge in [0.25, 0.3) is 0 Å². The number of hydrogen-bond acceptors (Lipinski definition) is 3. The zero-order valence-electron chi connectivity index (χ0n) is 13.0. The van der Waals surface area contributed by atoms with Crippen molar-refractivity contribution in [2.75, 3.05) is 40.3 Å². The topological polar surface area (TPSA) is 24.3 Å². The van der Waals surface area contributed by atoms with Crippen molar-refractivity contribution in [1.29, 1.82) is 0 Å². The maximum Gasteiger partial charge on any atom is 0.0954 e. The van der Waals surface area contributed by atoms with Gasteiger partial charge in [-0.05, 0) is 65.7 Å². The Morgan fingerprint density at radius 1 is 1.30 bits per heavy atom. The fraction of sp³-hybridized carbons (Fsp3) is 0.812. The molecule has 1 unspecified atom stereocenters. The van der Waals surface area contributed by atoms with Crippen LogP contribution in [0.4, 0.5) is 0 Å². The van der Waals surface area contributed by atoms with Crippen molar-refractivity contribution in [3.63, 3.8) is 0 Å². The van der Waals surface area contributed by atoms with E-state index in [1.54, 1.807) is 0 Å². The molecule has 0 radical (unpaired) electrons. The predicted octanol–water partition coefficient (Wildman–Crippen LogP) is 1.96. The van der Waals surface area contributed by atoms with Crippen molar-refractivity contribution >= 4 is 0 Å². The summed E-state index contributed by atoms with van der Waals surface area (Å²) in [7, 11) is 4.31. The lowest BCUT2D eigenvalue weighted by Crippen LogP contribution is -2.26. The van der Waals surface area contributed by atoms with Crippen LogP contribution in [0.5, 0.6) is 0 Å². The Hall–Kier alpha value is -0.870. The second-order valence-electron chi connectivity index (χ2n) is 6.65. The molecule has 2 aliphatic rings. The molecule has 3 rings (SSSR count). The van der Waals surface area contributed by atoms with Crippen LogP contribution >= 0.6 is 0 Å². The van der Waals surface area contributed by atoms with Crippen LogP contribution in [-0.4, -0.2) is 59.6 Å². The maximum atomic E-state index is 4.65. The predicted molar refractivity (Wildman–Crippen MR) is 82.1 cm³/mol. The first-order chi connectivity index (χ1) is 9.74. The molecule has 1 aromatic rings. The first kappa shape index (κ1) is 14.1. The smallest absolute Gasteiger partial charge is 0.0954 e. The number of likely N-dealkylation sites (tertiary alicyclic amines) is 1. The molecule has 20 heavy (non-hydrogen) atoms. The van der Waals surface area contributed by atoms with E-state index < -0.39 is 0 Å². The number of hydrogen-bond donors (Lipinski definition) is 0. The highest BCUT2D eigenvalue weighted by atomic mass is 15.2. The van der Waals surface area contributed by atoms with Crippen LogP contribution in [0.3, 0.4) is 0 Å². The summed E-state index contributed by atoms with van der Waals surface area (Å²) in [5.41, 5.74) is 2.92. The summed E-state index contributed by atoms with van der Waals surface area (Å²) in [5, 5.41) is 0. The van der Waals surface area contributed by atoms with E-state index in [2.05, 4.69) is 39.8 Å². The summed E-state index contributed by atoms with van der Waals surface area (Å²) < 4.78 is 2.50. The molecule has 4 heteroatoms. The van der Waals surface area contributed by atoms with Gasteiger partial charge in [-0.2, -0.15) is 0 Å². The summed E-state index contributed by atoms with van der Waals surface area (Å²) >= 11 is 0. The molecule has 112 valence electrons. The Labute approximate surface area is 122 Å². The lowest BCUT2D eigenvalue weighted by atomic mass is 10.0. The van der Waals surface area contributed by atoms with Gasteiger partial charge in [0.1, 0.15) is 0 Å². The highest BCUT2D eigenvalue weighted by molar-refractivity contribution is 5.17. The molecule has 2 heterocycles. The molecule has 0 bridgehead atoms. The summed E-state index contributed by atoms with van der Waals surface area (Å²) in [6, 6.07) is 0.670. The highest BCUT2D eigenvalue weighted by Crippen LogP contribution is 2.28. The van der Waals surface area contributed by atoms with E-state index in [1.807, 2.05) is 0 Å². The second kappa shape index (κ2) is 6.27. The van der Waals surface area contributed by atoms with Gasteiger partial charge in [-0.3, -0.25) is 0 Å². The van der Waals surface area contributed by atoms with E-state index in [4.69, 9.17) is 0 Å². The number of nitrogens with zero attached hydrogens (tertiary/aromatic N) is 4. The van der Waals surface area contributed by atoms with Crippen molar-refractivity contribution in [2.45, 2.75) is 44.6 Å². The number of imidazole rings is 1. The minimum absolute atomic E-state index is 0.670. The first-order valence-corrected chi connectivity index (χ1v) is 8.15. The van der Waals surface area contributed by atoms with Gasteiger partial charge in [0, 0.05) is 24.8 Å². The summed E-state index contributed by atoms with van der Waals surface area (Å²) in [5.74, 6) is 0. The summed E-state index contributed by atoms with van der Waals surface area (Å²) in [6.45, 7) is 4.91. The fourth-order valence-electron chi connectivity index (χ4n) is 3.66. The SMILES string of the molecule is CN(C)CCCN1CCC(n2cnc3c2CCCC3)C1. The molecule has 0 aromatic carbocycles. The van der Waals surface area contributed by atoms with Gasteiger partial charge in [0.15, 0.2) is 0 Å². The van der Waals surface area contributed by atoms with Gasteiger partial charge < -0.3 is 14.4 Å². The average molecular weight is 276 g/mol. The van der Waals surface area contributed by atoms with Crippen LogP contribution in [-0.2, 0) is 12.8 Å². The Balaban J connectivity index is 1.56. The van der Waals surface area contributed by atoms with Crippen LogP contribution in [0, 0.1) is 0 Å². The maximum absolute atomic E-state index is 4.65. The van der Waals surface area contributed by atoms with Gasteiger partial charge >= 0.3 is 0 Å². The Kier molecular flexibility index (Phi) is 4.41. The molecule has 1 saturated heterocycles. The van der Waals surface area contributed by atoms with E-state index in [-0.39, 0.29) is 0 Å².